The Hall–Kier alpha value is -1.77. The number of rotatable bonds is 8. The molecule has 3 heteroatoms. The van der Waals surface area contributed by atoms with E-state index in [4.69, 9.17) is 4.74 Å². The predicted molar refractivity (Wildman–Crippen MR) is 87.6 cm³/mol. The van der Waals surface area contributed by atoms with E-state index in [1.165, 1.54) is 0 Å². The molecule has 0 saturated heterocycles. The molecule has 1 rings (SSSR count). The molecule has 21 heavy (non-hydrogen) atoms. The molecule has 0 heterocycles. The van der Waals surface area contributed by atoms with Gasteiger partial charge in [0.05, 0.1) is 0 Å². The highest BCUT2D eigenvalue weighted by Crippen LogP contribution is 2.19. The van der Waals surface area contributed by atoms with Crippen molar-refractivity contribution in [3.8, 4) is 5.75 Å². The van der Waals surface area contributed by atoms with Crippen molar-refractivity contribution in [2.45, 2.75) is 27.7 Å². The molecule has 0 radical (unpaired) electrons. The van der Waals surface area contributed by atoms with Gasteiger partial charge in [0.1, 0.15) is 12.4 Å². The summed E-state index contributed by atoms with van der Waals surface area (Å²) in [5.74, 6) is 2.31. The van der Waals surface area contributed by atoms with E-state index < -0.39 is 0 Å². The van der Waals surface area contributed by atoms with Crippen LogP contribution in [0.5, 0.6) is 5.75 Å². The molecule has 0 bridgehead atoms. The number of amides is 1. The van der Waals surface area contributed by atoms with Crippen LogP contribution in [0.3, 0.4) is 0 Å². The number of ether oxygens (including phenoxy) is 1. The van der Waals surface area contributed by atoms with Crippen molar-refractivity contribution in [2.24, 2.45) is 17.8 Å². The first-order chi connectivity index (χ1) is 9.95. The maximum Gasteiger partial charge on any atom is 0.251 e. The third-order valence-electron chi connectivity index (χ3n) is 3.70. The molecule has 116 valence electrons. The lowest BCUT2D eigenvalue weighted by Crippen LogP contribution is -2.33. The van der Waals surface area contributed by atoms with Gasteiger partial charge in [0.15, 0.2) is 0 Å². The average Bonchev–Trinajstić information content (AvgIpc) is 2.44. The predicted octanol–water partition coefficient (Wildman–Crippen LogP) is 3.91. The quantitative estimate of drug-likeness (QED) is 0.737. The maximum absolute atomic E-state index is 12.2. The number of carbonyl (C=O) groups excluding carboxylic acids is 1. The molecule has 0 aromatic heterocycles. The van der Waals surface area contributed by atoms with E-state index in [-0.39, 0.29) is 5.91 Å². The molecule has 1 N–H and O–H groups in total. The van der Waals surface area contributed by atoms with Gasteiger partial charge in [0, 0.05) is 12.1 Å². The minimum atomic E-state index is -0.0310. The first-order valence-corrected chi connectivity index (χ1v) is 7.57. The molecule has 0 saturated carbocycles. The SMILES string of the molecule is C=CCOc1ccc(C(=O)NCC(C(C)C)C(C)C)cc1. The highest BCUT2D eigenvalue weighted by Gasteiger charge is 2.18. The molecule has 0 atom stereocenters. The van der Waals surface area contributed by atoms with Gasteiger partial charge in [0.2, 0.25) is 0 Å². The molecule has 0 fully saturated rings. The summed E-state index contributed by atoms with van der Waals surface area (Å²) in [5, 5.41) is 3.03. The molecule has 0 aliphatic carbocycles. The van der Waals surface area contributed by atoms with Gasteiger partial charge in [-0.2, -0.15) is 0 Å². The second-order valence-corrected chi connectivity index (χ2v) is 5.99. The lowest BCUT2D eigenvalue weighted by Gasteiger charge is -2.25. The Kier molecular flexibility index (Phi) is 7.00. The van der Waals surface area contributed by atoms with Gasteiger partial charge < -0.3 is 10.1 Å². The minimum Gasteiger partial charge on any atom is -0.490 e. The van der Waals surface area contributed by atoms with E-state index >= 15 is 0 Å². The normalized spacial score (nSPS) is 11.0. The fourth-order valence-corrected chi connectivity index (χ4v) is 2.41. The Morgan fingerprint density at radius 3 is 2.24 bits per heavy atom. The molecule has 1 amide bonds. The van der Waals surface area contributed by atoms with Crippen molar-refractivity contribution in [3.05, 3.63) is 42.5 Å². The zero-order chi connectivity index (χ0) is 15.8. The van der Waals surface area contributed by atoms with Crippen molar-refractivity contribution in [3.63, 3.8) is 0 Å². The summed E-state index contributed by atoms with van der Waals surface area (Å²) in [7, 11) is 0. The lowest BCUT2D eigenvalue weighted by molar-refractivity contribution is 0.0937. The van der Waals surface area contributed by atoms with Crippen LogP contribution in [-0.2, 0) is 0 Å². The first kappa shape index (κ1) is 17.3. The van der Waals surface area contributed by atoms with Crippen molar-refractivity contribution >= 4 is 5.91 Å². The summed E-state index contributed by atoms with van der Waals surface area (Å²) >= 11 is 0. The van der Waals surface area contributed by atoms with Crippen molar-refractivity contribution < 1.29 is 9.53 Å². The van der Waals surface area contributed by atoms with Crippen LogP contribution in [0.2, 0.25) is 0 Å². The highest BCUT2D eigenvalue weighted by atomic mass is 16.5. The zero-order valence-corrected chi connectivity index (χ0v) is 13.6. The topological polar surface area (TPSA) is 38.3 Å². The summed E-state index contributed by atoms with van der Waals surface area (Å²) < 4.78 is 5.40. The summed E-state index contributed by atoms with van der Waals surface area (Å²) in [4.78, 5) is 12.2. The lowest BCUT2D eigenvalue weighted by atomic mass is 9.85. The Bertz CT molecular complexity index is 441. The first-order valence-electron chi connectivity index (χ1n) is 7.57. The smallest absolute Gasteiger partial charge is 0.251 e. The number of hydrogen-bond donors (Lipinski definition) is 1. The van der Waals surface area contributed by atoms with Gasteiger partial charge in [-0.1, -0.05) is 40.3 Å². The van der Waals surface area contributed by atoms with Crippen LogP contribution in [0.15, 0.2) is 36.9 Å². The van der Waals surface area contributed by atoms with Crippen LogP contribution in [0.1, 0.15) is 38.1 Å². The van der Waals surface area contributed by atoms with Crippen LogP contribution >= 0.6 is 0 Å². The second kappa shape index (κ2) is 8.50. The Morgan fingerprint density at radius 1 is 1.19 bits per heavy atom. The van der Waals surface area contributed by atoms with Crippen molar-refractivity contribution in [2.75, 3.05) is 13.2 Å². The third kappa shape index (κ3) is 5.62. The summed E-state index contributed by atoms with van der Waals surface area (Å²) in [6.07, 6.45) is 1.69. The van der Waals surface area contributed by atoms with E-state index in [0.717, 1.165) is 5.75 Å². The summed E-state index contributed by atoms with van der Waals surface area (Å²) in [6.45, 7) is 13.6. The van der Waals surface area contributed by atoms with Gasteiger partial charge in [-0.25, -0.2) is 0 Å². The van der Waals surface area contributed by atoms with E-state index in [1.807, 2.05) is 0 Å². The van der Waals surface area contributed by atoms with E-state index in [0.29, 0.717) is 36.5 Å². The molecule has 1 aromatic carbocycles. The van der Waals surface area contributed by atoms with Gasteiger partial charge >= 0.3 is 0 Å². The third-order valence-corrected chi connectivity index (χ3v) is 3.70. The molecule has 0 aliphatic rings. The Morgan fingerprint density at radius 2 is 1.76 bits per heavy atom. The van der Waals surface area contributed by atoms with Crippen molar-refractivity contribution in [1.82, 2.24) is 5.32 Å². The van der Waals surface area contributed by atoms with Gasteiger partial charge in [0.25, 0.3) is 5.91 Å². The van der Waals surface area contributed by atoms with Crippen LogP contribution in [0.25, 0.3) is 0 Å². The standard InChI is InChI=1S/C18H27NO2/c1-6-11-21-16-9-7-15(8-10-16)18(20)19-12-17(13(2)3)14(4)5/h6-10,13-14,17H,1,11-12H2,2-5H3,(H,19,20). The maximum atomic E-state index is 12.2. The fraction of sp³-hybridized carbons (Fsp3) is 0.500. The van der Waals surface area contributed by atoms with Gasteiger partial charge in [-0.05, 0) is 42.0 Å². The molecule has 0 spiro atoms. The number of nitrogens with one attached hydrogen (secondary N) is 1. The largest absolute Gasteiger partial charge is 0.490 e. The van der Waals surface area contributed by atoms with Crippen LogP contribution < -0.4 is 10.1 Å². The van der Waals surface area contributed by atoms with Gasteiger partial charge in [-0.3, -0.25) is 4.79 Å². The van der Waals surface area contributed by atoms with Crippen molar-refractivity contribution in [1.29, 1.82) is 0 Å². The van der Waals surface area contributed by atoms with E-state index in [1.54, 1.807) is 30.3 Å². The van der Waals surface area contributed by atoms with Crippen LogP contribution in [-0.4, -0.2) is 19.1 Å². The van der Waals surface area contributed by atoms with Gasteiger partial charge in [-0.15, -0.1) is 0 Å². The Labute approximate surface area is 128 Å². The highest BCUT2D eigenvalue weighted by molar-refractivity contribution is 5.94. The molecule has 0 aliphatic heterocycles. The molecule has 1 aromatic rings. The molecular weight excluding hydrogens is 262 g/mol. The van der Waals surface area contributed by atoms with E-state index in [2.05, 4.69) is 39.6 Å². The summed E-state index contributed by atoms with van der Waals surface area (Å²) in [5.41, 5.74) is 0.659. The van der Waals surface area contributed by atoms with Crippen LogP contribution in [0, 0.1) is 17.8 Å². The number of carbonyl (C=O) groups is 1. The Balaban J connectivity index is 2.57. The second-order valence-electron chi connectivity index (χ2n) is 5.99. The van der Waals surface area contributed by atoms with E-state index in [9.17, 15) is 4.79 Å². The number of hydrogen-bond acceptors (Lipinski definition) is 2. The number of benzene rings is 1. The monoisotopic (exact) mass is 289 g/mol. The van der Waals surface area contributed by atoms with Crippen LogP contribution in [0.4, 0.5) is 0 Å². The fourth-order valence-electron chi connectivity index (χ4n) is 2.41. The molecule has 3 nitrogen and oxygen atoms in total. The summed E-state index contributed by atoms with van der Waals surface area (Å²) in [6, 6.07) is 7.18. The zero-order valence-electron chi connectivity index (χ0n) is 13.6. The average molecular weight is 289 g/mol. The minimum absolute atomic E-state index is 0.0310. The molecule has 0 unspecified atom stereocenters. The molecular formula is C18H27NO2.